The minimum Gasteiger partial charge on any atom is -0.483 e. The molecule has 3 heterocycles. The summed E-state index contributed by atoms with van der Waals surface area (Å²) in [5.41, 5.74) is -2.67. The molecule has 304 valence electrons. The Morgan fingerprint density at radius 1 is 0.833 bits per heavy atom. The van der Waals surface area contributed by atoms with Crippen molar-refractivity contribution in [2.45, 2.75) is 168 Å². The highest BCUT2D eigenvalue weighted by Gasteiger charge is 2.75. The predicted molar refractivity (Wildman–Crippen MR) is 192 cm³/mol. The normalized spacial score (nSPS) is 53.0. The van der Waals surface area contributed by atoms with Gasteiger partial charge in [-0.05, 0) is 62.2 Å². The molecule has 0 aromatic carbocycles. The highest BCUT2D eigenvalue weighted by Crippen LogP contribution is 2.74. The van der Waals surface area contributed by atoms with Crippen LogP contribution in [0.3, 0.4) is 0 Å². The molecule has 54 heavy (non-hydrogen) atoms. The largest absolute Gasteiger partial charge is 0.483 e. The summed E-state index contributed by atoms with van der Waals surface area (Å²) < 4.78 is 30.6. The zero-order chi connectivity index (χ0) is 39.7. The Kier molecular flexibility index (Phi) is 10.0. The summed E-state index contributed by atoms with van der Waals surface area (Å²) in [6, 6.07) is 0. The molecular weight excluding hydrogens is 700 g/mol. The average Bonchev–Trinajstić information content (AvgIpc) is 3.51. The van der Waals surface area contributed by atoms with Crippen molar-refractivity contribution < 1.29 is 63.9 Å². The number of hydrogen-bond donors (Lipinski definition) is 6. The molecule has 4 aliphatic carbocycles. The summed E-state index contributed by atoms with van der Waals surface area (Å²) in [6.45, 7) is 17.6. The second kappa shape index (κ2) is 13.4. The van der Waals surface area contributed by atoms with E-state index in [0.717, 1.165) is 5.57 Å². The number of fused-ring (bicyclic) bond motifs is 5. The molecule has 13 nitrogen and oxygen atoms in total. The Balaban J connectivity index is 1.14. The van der Waals surface area contributed by atoms with Crippen molar-refractivity contribution in [2.75, 3.05) is 6.61 Å². The summed E-state index contributed by atoms with van der Waals surface area (Å²) in [4.78, 5) is 28.5. The summed E-state index contributed by atoms with van der Waals surface area (Å²) in [5, 5.41) is 64.6. The molecule has 3 aliphatic heterocycles. The van der Waals surface area contributed by atoms with Gasteiger partial charge in [-0.3, -0.25) is 9.59 Å². The van der Waals surface area contributed by atoms with E-state index in [1.165, 1.54) is 6.92 Å². The van der Waals surface area contributed by atoms with Gasteiger partial charge in [-0.2, -0.15) is 0 Å². The van der Waals surface area contributed by atoms with Crippen LogP contribution in [0.1, 0.15) is 94.4 Å². The molecule has 3 saturated carbocycles. The zero-order valence-corrected chi connectivity index (χ0v) is 33.1. The topological polar surface area (TPSA) is 202 Å². The molecule has 0 aromatic rings. The first-order valence-electron chi connectivity index (χ1n) is 19.9. The van der Waals surface area contributed by atoms with Crippen LogP contribution >= 0.6 is 0 Å². The van der Waals surface area contributed by atoms with E-state index in [0.29, 0.717) is 31.4 Å². The van der Waals surface area contributed by atoms with E-state index in [4.69, 9.17) is 23.7 Å². The molecule has 18 atom stereocenters. The first-order chi connectivity index (χ1) is 25.0. The molecule has 7 rings (SSSR count). The first-order valence-corrected chi connectivity index (χ1v) is 19.9. The lowest BCUT2D eigenvalue weighted by Crippen LogP contribution is -2.65. The lowest BCUT2D eigenvalue weighted by Gasteiger charge is -2.65. The van der Waals surface area contributed by atoms with E-state index in [1.54, 1.807) is 13.0 Å². The van der Waals surface area contributed by atoms with Crippen LogP contribution in [0.25, 0.3) is 0 Å². The monoisotopic (exact) mass is 762 g/mol. The van der Waals surface area contributed by atoms with E-state index in [-0.39, 0.29) is 42.3 Å². The van der Waals surface area contributed by atoms with Gasteiger partial charge in [0.05, 0.1) is 24.9 Å². The molecule has 13 heteroatoms. The number of ether oxygens (including phenoxy) is 5. The third-order valence-electron chi connectivity index (χ3n) is 15.7. The van der Waals surface area contributed by atoms with E-state index in [1.807, 2.05) is 13.8 Å². The highest BCUT2D eigenvalue weighted by molar-refractivity contribution is 6.00. The van der Waals surface area contributed by atoms with Gasteiger partial charge in [-0.15, -0.1) is 0 Å². The van der Waals surface area contributed by atoms with Crippen molar-refractivity contribution in [3.63, 3.8) is 0 Å². The summed E-state index contributed by atoms with van der Waals surface area (Å²) in [5.74, 6) is -0.149. The van der Waals surface area contributed by atoms with Gasteiger partial charge in [-0.25, -0.2) is 0 Å². The molecule has 0 amide bonds. The second-order valence-electron chi connectivity index (χ2n) is 19.2. The molecule has 0 bridgehead atoms. The summed E-state index contributed by atoms with van der Waals surface area (Å²) in [7, 11) is 0. The minimum atomic E-state index is -1.63. The Hall–Kier alpha value is -1.78. The molecule has 0 spiro atoms. The Labute approximate surface area is 318 Å². The van der Waals surface area contributed by atoms with Crippen LogP contribution in [0.4, 0.5) is 0 Å². The summed E-state index contributed by atoms with van der Waals surface area (Å²) in [6.07, 6.45) is -7.09. The first kappa shape index (κ1) is 40.4. The Morgan fingerprint density at radius 2 is 1.52 bits per heavy atom. The highest BCUT2D eigenvalue weighted by atomic mass is 16.8. The molecule has 0 radical (unpaired) electrons. The quantitative estimate of drug-likeness (QED) is 0.216. The molecule has 0 aromatic heterocycles. The van der Waals surface area contributed by atoms with Crippen LogP contribution in [-0.2, 0) is 33.3 Å². The number of carbonyl (C=O) groups is 2. The van der Waals surface area contributed by atoms with Gasteiger partial charge in [0, 0.05) is 35.2 Å². The predicted octanol–water partition coefficient (Wildman–Crippen LogP) is 2.32. The van der Waals surface area contributed by atoms with E-state index in [2.05, 4.69) is 40.7 Å². The van der Waals surface area contributed by atoms with Crippen LogP contribution in [0, 0.1) is 45.3 Å². The van der Waals surface area contributed by atoms with Crippen molar-refractivity contribution in [1.29, 1.82) is 0 Å². The van der Waals surface area contributed by atoms with E-state index in [9.17, 15) is 40.2 Å². The van der Waals surface area contributed by atoms with Crippen molar-refractivity contribution >= 4 is 11.6 Å². The van der Waals surface area contributed by atoms with Gasteiger partial charge < -0.3 is 54.3 Å². The third-order valence-corrected chi connectivity index (χ3v) is 15.7. The third kappa shape index (κ3) is 5.61. The number of rotatable bonds is 6. The van der Waals surface area contributed by atoms with Gasteiger partial charge in [0.25, 0.3) is 0 Å². The minimum absolute atomic E-state index is 0.0144. The molecule has 2 saturated heterocycles. The van der Waals surface area contributed by atoms with Gasteiger partial charge in [0.1, 0.15) is 48.2 Å². The molecule has 0 unspecified atom stereocenters. The maximum Gasteiger partial charge on any atom is 0.202 e. The van der Waals surface area contributed by atoms with Crippen molar-refractivity contribution in [3.8, 4) is 0 Å². The fourth-order valence-electron chi connectivity index (χ4n) is 12.3. The Morgan fingerprint density at radius 3 is 2.17 bits per heavy atom. The lowest BCUT2D eigenvalue weighted by molar-refractivity contribution is -0.360. The van der Waals surface area contributed by atoms with Gasteiger partial charge in [0.15, 0.2) is 18.2 Å². The number of hydrogen-bond acceptors (Lipinski definition) is 13. The number of Topliss-reactive ketones (excluding diaryl/α,β-unsaturated/α-hetero) is 1. The van der Waals surface area contributed by atoms with Crippen LogP contribution in [0.2, 0.25) is 0 Å². The van der Waals surface area contributed by atoms with Crippen molar-refractivity contribution in [2.24, 2.45) is 45.3 Å². The van der Waals surface area contributed by atoms with Gasteiger partial charge >= 0.3 is 0 Å². The molecule has 5 fully saturated rings. The number of carbonyl (C=O) groups excluding carboxylic acids is 2. The van der Waals surface area contributed by atoms with Crippen LogP contribution in [-0.4, -0.2) is 122 Å². The molecular formula is C41H62O13. The van der Waals surface area contributed by atoms with Gasteiger partial charge in [-0.1, -0.05) is 60.1 Å². The molecule has 6 N–H and O–H groups in total. The maximum absolute atomic E-state index is 14.9. The zero-order valence-electron chi connectivity index (χ0n) is 33.1. The van der Waals surface area contributed by atoms with Crippen LogP contribution in [0.5, 0.6) is 0 Å². The lowest BCUT2D eigenvalue weighted by atomic mass is 9.38. The smallest absolute Gasteiger partial charge is 0.202 e. The number of aliphatic hydroxyl groups excluding tert-OH is 6. The summed E-state index contributed by atoms with van der Waals surface area (Å²) >= 11 is 0. The second-order valence-corrected chi connectivity index (χ2v) is 19.2. The number of allylic oxidation sites excluding steroid dienone is 2. The van der Waals surface area contributed by atoms with Crippen LogP contribution in [0.15, 0.2) is 23.5 Å². The standard InChI is InChI=1S/C41H62O13/c1-18(2)24-14-26(44)41(9,54-24)34-22(42)15-38(6)25-12-10-20-21(40(25,8)27(45)16-39(34,38)7)11-13-28(37(20,4)5)52-36-33(30(47)23(43)17-50-36)53-35-32(49)31(48)29(46)19(3)51-35/h10,14,18-19,21-23,25,28-36,42-43,46-49H,11-13,15-17H2,1-9H3/t19-,21+,22+,23+,25-,28+,29-,30-,31+,32+,33+,34-,35-,36-,38-,39+,40-,41+/m0/s1. The van der Waals surface area contributed by atoms with Crippen LogP contribution < -0.4 is 0 Å². The van der Waals surface area contributed by atoms with E-state index >= 15 is 0 Å². The fourth-order valence-corrected chi connectivity index (χ4v) is 12.3. The SMILES string of the molecule is CC(C)C1=CC(=O)[C@](C)([C@H]2[C@H](O)C[C@@]3(C)[C@@H]4CC=C5[C@@H](CC[C@@H](O[C@@H]6OC[C@@H](O)[C@H](O)[C@H]6O[C@@H]6O[C@@H](C)[C@H](O)[C@@H](O)[C@H]6O)C5(C)C)[C@]4(C)C(=O)C[C@]23C)O1. The van der Waals surface area contributed by atoms with Crippen molar-refractivity contribution in [3.05, 3.63) is 23.5 Å². The van der Waals surface area contributed by atoms with Crippen molar-refractivity contribution in [1.82, 2.24) is 0 Å². The van der Waals surface area contributed by atoms with E-state index < -0.39 is 101 Å². The maximum atomic E-state index is 14.9. The van der Waals surface area contributed by atoms with Gasteiger partial charge in [0.2, 0.25) is 5.78 Å². The number of aliphatic hydroxyl groups is 6. The Bertz CT molecular complexity index is 1570. The average molecular weight is 763 g/mol. The fraction of sp³-hybridized carbons (Fsp3) is 0.854. The molecule has 7 aliphatic rings. The number of ketones is 2.